The van der Waals surface area contributed by atoms with Crippen molar-refractivity contribution in [3.05, 3.63) is 65.2 Å². The number of hydrogen-bond acceptors (Lipinski definition) is 6. The lowest BCUT2D eigenvalue weighted by Gasteiger charge is -2.56. The summed E-state index contributed by atoms with van der Waals surface area (Å²) in [5.74, 6) is 1.19. The summed E-state index contributed by atoms with van der Waals surface area (Å²) in [7, 11) is -1.83. The van der Waals surface area contributed by atoms with Crippen LogP contribution >= 0.6 is 0 Å². The molecule has 2 aromatic rings. The molecule has 1 spiro atoms. The Bertz CT molecular complexity index is 1190. The lowest BCUT2D eigenvalue weighted by Crippen LogP contribution is -2.64. The average molecular weight is 458 g/mol. The highest BCUT2D eigenvalue weighted by atomic mass is 32.2. The van der Waals surface area contributed by atoms with Crippen LogP contribution in [0.5, 0.6) is 11.5 Å². The molecule has 32 heavy (non-hydrogen) atoms. The van der Waals surface area contributed by atoms with E-state index >= 15 is 0 Å². The number of phenols is 1. The lowest BCUT2D eigenvalue weighted by molar-refractivity contribution is -0.0453. The van der Waals surface area contributed by atoms with Gasteiger partial charge in [0.15, 0.2) is 11.5 Å². The molecule has 1 saturated heterocycles. The molecule has 0 unspecified atom stereocenters. The molecule has 0 radical (unpaired) electrons. The zero-order valence-corrected chi connectivity index (χ0v) is 18.8. The normalized spacial score (nSPS) is 31.9. The highest BCUT2D eigenvalue weighted by Gasteiger charge is 2.64. The molecule has 3 N–H and O–H groups in total. The predicted molar refractivity (Wildman–Crippen MR) is 119 cm³/mol. The van der Waals surface area contributed by atoms with Gasteiger partial charge in [0.2, 0.25) is 0 Å². The van der Waals surface area contributed by atoms with Crippen molar-refractivity contribution in [3.8, 4) is 11.5 Å². The van der Waals surface area contributed by atoms with Crippen LogP contribution in [0.3, 0.4) is 0 Å². The van der Waals surface area contributed by atoms with E-state index in [1.54, 1.807) is 18.2 Å². The van der Waals surface area contributed by atoms with E-state index in [4.69, 9.17) is 9.29 Å². The Morgan fingerprint density at radius 1 is 1.12 bits per heavy atom. The third-order valence-corrected chi connectivity index (χ3v) is 8.34. The van der Waals surface area contributed by atoms with E-state index in [0.717, 1.165) is 24.9 Å². The molecule has 2 heterocycles. The second-order valence-electron chi connectivity index (χ2n) is 9.22. The monoisotopic (exact) mass is 457 g/mol. The number of aryl methyl sites for hydroxylation is 1. The van der Waals surface area contributed by atoms with Crippen molar-refractivity contribution in [2.75, 3.05) is 13.6 Å². The molecular weight excluding hydrogens is 430 g/mol. The third-order valence-electron chi connectivity index (χ3n) is 7.47. The molecule has 2 aromatic carbocycles. The van der Waals surface area contributed by atoms with Crippen LogP contribution < -0.4 is 4.74 Å². The van der Waals surface area contributed by atoms with Gasteiger partial charge in [-0.05, 0) is 57.1 Å². The third kappa shape index (κ3) is 3.08. The van der Waals surface area contributed by atoms with Gasteiger partial charge < -0.3 is 19.8 Å². The van der Waals surface area contributed by atoms with Crippen LogP contribution in [-0.4, -0.2) is 59.9 Å². The maximum absolute atomic E-state index is 10.5. The number of rotatable bonds is 1. The number of likely N-dealkylation sites (tertiary alicyclic amines) is 1. The summed E-state index contributed by atoms with van der Waals surface area (Å²) in [4.78, 5) is 2.37. The van der Waals surface area contributed by atoms with Crippen molar-refractivity contribution in [2.24, 2.45) is 5.92 Å². The number of nitrogens with zero attached hydrogens (tertiary/aromatic N) is 1. The summed E-state index contributed by atoms with van der Waals surface area (Å²) in [6.45, 7) is 2.85. The molecule has 2 aliphatic heterocycles. The quantitative estimate of drug-likeness (QED) is 0.446. The van der Waals surface area contributed by atoms with Crippen molar-refractivity contribution < 1.29 is 27.9 Å². The summed E-state index contributed by atoms with van der Waals surface area (Å²) in [6.07, 6.45) is 5.18. The number of hydrogen-bond donors (Lipinski definition) is 3. The van der Waals surface area contributed by atoms with E-state index in [1.165, 1.54) is 23.3 Å². The molecule has 2 aliphatic carbocycles. The van der Waals surface area contributed by atoms with Gasteiger partial charge in [-0.25, -0.2) is 0 Å². The van der Waals surface area contributed by atoms with Crippen molar-refractivity contribution in [1.82, 2.24) is 4.90 Å². The van der Waals surface area contributed by atoms with Gasteiger partial charge in [-0.1, -0.05) is 35.9 Å². The topological polar surface area (TPSA) is 107 Å². The summed E-state index contributed by atoms with van der Waals surface area (Å²) in [6, 6.07) is 10.2. The summed E-state index contributed by atoms with van der Waals surface area (Å²) in [5.41, 5.74) is 3.25. The van der Waals surface area contributed by atoms with Gasteiger partial charge in [0, 0.05) is 22.9 Å². The highest BCUT2D eigenvalue weighted by molar-refractivity contribution is 7.85. The second kappa shape index (κ2) is 7.31. The van der Waals surface area contributed by atoms with Crippen molar-refractivity contribution in [2.45, 2.75) is 48.3 Å². The molecule has 8 heteroatoms. The van der Waals surface area contributed by atoms with Crippen LogP contribution in [0.1, 0.15) is 23.1 Å². The number of phenolic OH excluding ortho intramolecular Hbond substituents is 1. The summed E-state index contributed by atoms with van der Waals surface area (Å²) in [5, 5.41) is 20.6. The minimum absolute atomic E-state index is 0.0666. The van der Waals surface area contributed by atoms with Crippen LogP contribution in [0.4, 0.5) is 0 Å². The second-order valence-corrected chi connectivity index (χ2v) is 10.6. The Hall–Kier alpha value is -2.39. The molecule has 0 amide bonds. The first-order valence-electron chi connectivity index (χ1n) is 10.8. The van der Waals surface area contributed by atoms with E-state index in [0.29, 0.717) is 17.7 Å². The van der Waals surface area contributed by atoms with Gasteiger partial charge in [0.05, 0.1) is 4.90 Å². The Labute approximate surface area is 187 Å². The fraction of sp³-hybridized carbons (Fsp3) is 0.417. The van der Waals surface area contributed by atoms with E-state index < -0.39 is 16.2 Å². The van der Waals surface area contributed by atoms with Gasteiger partial charge in [-0.2, -0.15) is 8.42 Å². The van der Waals surface area contributed by atoms with Crippen LogP contribution in [0, 0.1) is 12.8 Å². The first-order valence-corrected chi connectivity index (χ1v) is 12.2. The zero-order chi connectivity index (χ0) is 22.8. The maximum Gasteiger partial charge on any atom is 0.294 e. The fourth-order valence-corrected chi connectivity index (χ4v) is 6.43. The largest absolute Gasteiger partial charge is 0.504 e. The smallest absolute Gasteiger partial charge is 0.294 e. The van der Waals surface area contributed by atoms with Crippen LogP contribution in [0.15, 0.2) is 53.4 Å². The number of aliphatic hydroxyl groups is 1. The maximum atomic E-state index is 10.5. The molecule has 7 nitrogen and oxygen atoms in total. The molecule has 1 fully saturated rings. The van der Waals surface area contributed by atoms with Gasteiger partial charge >= 0.3 is 0 Å². The molecule has 4 aliphatic rings. The Balaban J connectivity index is 0.000000168. The number of piperidine rings is 1. The number of aromatic hydroxyl groups is 1. The molecule has 6 rings (SSSR count). The van der Waals surface area contributed by atoms with Crippen molar-refractivity contribution >= 4 is 10.1 Å². The van der Waals surface area contributed by atoms with Crippen LogP contribution in [-0.2, 0) is 22.0 Å². The molecular formula is C24H27NO6S. The first-order chi connectivity index (χ1) is 15.1. The minimum Gasteiger partial charge on any atom is -0.504 e. The Morgan fingerprint density at radius 3 is 2.53 bits per heavy atom. The minimum atomic E-state index is -4.02. The van der Waals surface area contributed by atoms with Crippen molar-refractivity contribution in [1.29, 1.82) is 0 Å². The predicted octanol–water partition coefficient (Wildman–Crippen LogP) is 2.44. The molecule has 0 saturated carbocycles. The van der Waals surface area contributed by atoms with E-state index in [2.05, 4.69) is 18.0 Å². The number of aliphatic hydroxyl groups excluding tert-OH is 1. The van der Waals surface area contributed by atoms with Crippen LogP contribution in [0.2, 0.25) is 0 Å². The first kappa shape index (κ1) is 21.5. The van der Waals surface area contributed by atoms with E-state index in [1.807, 2.05) is 19.1 Å². The van der Waals surface area contributed by atoms with Crippen LogP contribution in [0.25, 0.3) is 0 Å². The summed E-state index contributed by atoms with van der Waals surface area (Å²) < 4.78 is 35.6. The number of ether oxygens (including phenoxy) is 1. The fourth-order valence-electron chi connectivity index (χ4n) is 5.95. The standard InChI is InChI=1S/C17H19NO3.C7H8O3S/c1-18-7-6-17-10-3-5-13(20)16(17)21-15-12(19)4-2-9(14(15)17)8-11(10)18;1-6-2-4-7(5-3-6)11(8,9)10/h2-5,10-11,13,16,19-20H,6-8H2,1H3;2-5H,1H3,(H,8,9,10)/t10-,11+,13-,16-,17-;/m0./s1. The van der Waals surface area contributed by atoms with Gasteiger partial charge in [0.25, 0.3) is 10.1 Å². The number of benzene rings is 2. The zero-order valence-electron chi connectivity index (χ0n) is 18.0. The lowest BCUT2D eigenvalue weighted by atomic mass is 9.53. The van der Waals surface area contributed by atoms with Gasteiger partial charge in [-0.15, -0.1) is 0 Å². The Kier molecular flexibility index (Phi) is 4.90. The molecule has 2 bridgehead atoms. The average Bonchev–Trinajstić information content (AvgIpc) is 3.10. The molecule has 170 valence electrons. The SMILES string of the molecule is CN1CC[C@]23c4c5ccc(O)c4O[C@H]2[C@@H](O)C=C[C@H]3[C@H]1C5.Cc1ccc(S(=O)(=O)O)cc1. The highest BCUT2D eigenvalue weighted by Crippen LogP contribution is 2.62. The molecule has 0 aromatic heterocycles. The van der Waals surface area contributed by atoms with Crippen molar-refractivity contribution in [3.63, 3.8) is 0 Å². The molecule has 5 atom stereocenters. The van der Waals surface area contributed by atoms with E-state index in [-0.39, 0.29) is 22.2 Å². The summed E-state index contributed by atoms with van der Waals surface area (Å²) >= 11 is 0. The number of likely N-dealkylation sites (N-methyl/N-ethyl adjacent to an activating group) is 1. The van der Waals surface area contributed by atoms with E-state index in [9.17, 15) is 18.6 Å². The van der Waals surface area contributed by atoms with Gasteiger partial charge in [0.1, 0.15) is 12.2 Å². The van der Waals surface area contributed by atoms with Gasteiger partial charge in [-0.3, -0.25) is 4.55 Å². The Morgan fingerprint density at radius 2 is 1.84 bits per heavy atom.